The number of aromatic nitrogens is 3. The first kappa shape index (κ1) is 19.9. The van der Waals surface area contributed by atoms with E-state index in [1.165, 1.54) is 11.3 Å². The number of aryl methyl sites for hydroxylation is 1. The van der Waals surface area contributed by atoms with Crippen LogP contribution in [0.25, 0.3) is 11.5 Å². The van der Waals surface area contributed by atoms with Crippen molar-refractivity contribution in [2.75, 3.05) is 20.0 Å². The molecule has 0 aliphatic carbocycles. The minimum Gasteiger partial charge on any atom is -0.497 e. The number of Topliss-reactive ketones (excluding diaryl/α,β-unsaturated/α-hetero) is 1. The van der Waals surface area contributed by atoms with Crippen molar-refractivity contribution in [2.24, 2.45) is 0 Å². The molecule has 2 heterocycles. The van der Waals surface area contributed by atoms with Crippen LogP contribution < -0.4 is 9.47 Å². The fraction of sp³-hybridized carbons (Fsp3) is 0.278. The Morgan fingerprint density at radius 2 is 2.00 bits per heavy atom. The zero-order chi connectivity index (χ0) is 20.1. The summed E-state index contributed by atoms with van der Waals surface area (Å²) in [6, 6.07) is 7.23. The zero-order valence-electron chi connectivity index (χ0n) is 15.3. The van der Waals surface area contributed by atoms with Crippen molar-refractivity contribution >= 4 is 28.9 Å². The van der Waals surface area contributed by atoms with Gasteiger partial charge >= 0.3 is 0 Å². The summed E-state index contributed by atoms with van der Waals surface area (Å²) >= 11 is 2.38. The Morgan fingerprint density at radius 3 is 2.57 bits per heavy atom. The molecule has 0 amide bonds. The van der Waals surface area contributed by atoms with E-state index in [-0.39, 0.29) is 22.6 Å². The van der Waals surface area contributed by atoms with E-state index in [1.54, 1.807) is 32.4 Å². The van der Waals surface area contributed by atoms with Crippen molar-refractivity contribution in [1.82, 2.24) is 15.2 Å². The van der Waals surface area contributed by atoms with E-state index in [1.807, 2.05) is 18.4 Å². The number of rotatable bonds is 8. The molecule has 0 saturated heterocycles. The van der Waals surface area contributed by atoms with E-state index in [2.05, 4.69) is 15.2 Å². The summed E-state index contributed by atoms with van der Waals surface area (Å²) in [7, 11) is 3.10. The van der Waals surface area contributed by atoms with Gasteiger partial charge in [-0.2, -0.15) is 5.26 Å². The number of hydrogen-bond donors (Lipinski definition) is 0. The standard InChI is InChI=1S/C18H16N4O4S2/c1-10-8-27-17(20-10)14(7-19)15(23)9-28-18-22-21-16(26-18)11-4-12(24-2)6-13(5-11)25-3/h4-6,8,14H,9H2,1-3H3. The van der Waals surface area contributed by atoms with Crippen molar-refractivity contribution in [3.8, 4) is 29.0 Å². The molecule has 0 aliphatic rings. The molecule has 0 radical (unpaired) electrons. The molecule has 10 heteroatoms. The van der Waals surface area contributed by atoms with Crippen LogP contribution in [0.3, 0.4) is 0 Å². The maximum atomic E-state index is 12.4. The molecule has 0 aliphatic heterocycles. The molecule has 0 fully saturated rings. The van der Waals surface area contributed by atoms with Gasteiger partial charge in [0.25, 0.3) is 5.22 Å². The number of thioether (sulfide) groups is 1. The van der Waals surface area contributed by atoms with Gasteiger partial charge in [-0.1, -0.05) is 11.8 Å². The number of nitriles is 1. The molecule has 2 aromatic heterocycles. The Kier molecular flexibility index (Phi) is 6.28. The quantitative estimate of drug-likeness (QED) is 0.509. The molecule has 0 saturated carbocycles. The van der Waals surface area contributed by atoms with Crippen molar-refractivity contribution in [1.29, 1.82) is 5.26 Å². The lowest BCUT2D eigenvalue weighted by Gasteiger charge is -2.05. The maximum absolute atomic E-state index is 12.4. The van der Waals surface area contributed by atoms with E-state index in [4.69, 9.17) is 13.9 Å². The number of ether oxygens (including phenoxy) is 2. The maximum Gasteiger partial charge on any atom is 0.277 e. The largest absolute Gasteiger partial charge is 0.497 e. The van der Waals surface area contributed by atoms with Crippen LogP contribution in [0.4, 0.5) is 0 Å². The summed E-state index contributed by atoms with van der Waals surface area (Å²) in [5, 5.41) is 19.8. The molecule has 1 atom stereocenters. The van der Waals surface area contributed by atoms with Crippen molar-refractivity contribution in [3.05, 3.63) is 34.3 Å². The number of hydrogen-bond acceptors (Lipinski definition) is 10. The molecule has 8 nitrogen and oxygen atoms in total. The minimum atomic E-state index is -0.892. The highest BCUT2D eigenvalue weighted by Gasteiger charge is 2.24. The molecule has 144 valence electrons. The Labute approximate surface area is 169 Å². The van der Waals surface area contributed by atoms with Crippen LogP contribution in [0.1, 0.15) is 16.6 Å². The van der Waals surface area contributed by atoms with E-state index < -0.39 is 5.92 Å². The summed E-state index contributed by atoms with van der Waals surface area (Å²) in [5.74, 6) is 0.334. The highest BCUT2D eigenvalue weighted by molar-refractivity contribution is 7.99. The van der Waals surface area contributed by atoms with E-state index >= 15 is 0 Å². The third-order valence-electron chi connectivity index (χ3n) is 3.68. The Balaban J connectivity index is 1.70. The first-order valence-electron chi connectivity index (χ1n) is 8.08. The smallest absolute Gasteiger partial charge is 0.277 e. The Hall–Kier alpha value is -2.90. The van der Waals surface area contributed by atoms with Gasteiger partial charge < -0.3 is 13.9 Å². The second-order valence-corrected chi connectivity index (χ2v) is 7.43. The number of benzene rings is 1. The zero-order valence-corrected chi connectivity index (χ0v) is 17.0. The van der Waals surface area contributed by atoms with Crippen LogP contribution in [-0.2, 0) is 4.79 Å². The average Bonchev–Trinajstić information content (AvgIpc) is 3.36. The predicted octanol–water partition coefficient (Wildman–Crippen LogP) is 3.49. The number of methoxy groups -OCH3 is 2. The highest BCUT2D eigenvalue weighted by Crippen LogP contribution is 2.31. The molecule has 3 rings (SSSR count). The van der Waals surface area contributed by atoms with Crippen molar-refractivity contribution in [2.45, 2.75) is 18.1 Å². The monoisotopic (exact) mass is 416 g/mol. The average molecular weight is 416 g/mol. The molecule has 0 bridgehead atoms. The Bertz CT molecular complexity index is 1000. The van der Waals surface area contributed by atoms with Crippen molar-refractivity contribution in [3.63, 3.8) is 0 Å². The topological polar surface area (TPSA) is 111 Å². The van der Waals surface area contributed by atoms with Crippen LogP contribution in [-0.4, -0.2) is 40.9 Å². The van der Waals surface area contributed by atoms with E-state index in [9.17, 15) is 10.1 Å². The van der Waals surface area contributed by atoms with Gasteiger partial charge in [-0.3, -0.25) is 4.79 Å². The van der Waals surface area contributed by atoms with E-state index in [0.29, 0.717) is 22.1 Å². The van der Waals surface area contributed by atoms with Gasteiger partial charge in [-0.25, -0.2) is 4.98 Å². The summed E-state index contributed by atoms with van der Waals surface area (Å²) in [5.41, 5.74) is 1.42. The van der Waals surface area contributed by atoms with Crippen LogP contribution in [0, 0.1) is 18.3 Å². The third kappa shape index (κ3) is 4.49. The Morgan fingerprint density at radius 1 is 1.29 bits per heavy atom. The number of nitrogens with zero attached hydrogens (tertiary/aromatic N) is 4. The normalized spacial score (nSPS) is 11.6. The summed E-state index contributed by atoms with van der Waals surface area (Å²) in [6.45, 7) is 1.82. The molecule has 28 heavy (non-hydrogen) atoms. The van der Waals surface area contributed by atoms with Gasteiger partial charge in [0.1, 0.15) is 16.5 Å². The second-order valence-electron chi connectivity index (χ2n) is 5.62. The summed E-state index contributed by atoms with van der Waals surface area (Å²) < 4.78 is 16.1. The lowest BCUT2D eigenvalue weighted by Crippen LogP contribution is -2.13. The van der Waals surface area contributed by atoms with Gasteiger partial charge in [0.05, 0.1) is 26.0 Å². The van der Waals surface area contributed by atoms with Crippen LogP contribution in [0.15, 0.2) is 33.2 Å². The number of carbonyl (C=O) groups excluding carboxylic acids is 1. The summed E-state index contributed by atoms with van der Waals surface area (Å²) in [6.07, 6.45) is 0. The number of ketones is 1. The minimum absolute atomic E-state index is 0.0277. The van der Waals surface area contributed by atoms with E-state index in [0.717, 1.165) is 17.5 Å². The van der Waals surface area contributed by atoms with Gasteiger partial charge in [0.2, 0.25) is 5.89 Å². The molecule has 3 aromatic rings. The van der Waals surface area contributed by atoms with Crippen molar-refractivity contribution < 1.29 is 18.7 Å². The second kappa shape index (κ2) is 8.86. The molecular formula is C18H16N4O4S2. The SMILES string of the molecule is COc1cc(OC)cc(-c2nnc(SCC(=O)C(C#N)c3nc(C)cs3)o2)c1. The highest BCUT2D eigenvalue weighted by atomic mass is 32.2. The lowest BCUT2D eigenvalue weighted by molar-refractivity contribution is -0.116. The fourth-order valence-corrected chi connectivity index (χ4v) is 3.83. The first-order valence-corrected chi connectivity index (χ1v) is 9.94. The third-order valence-corrected chi connectivity index (χ3v) is 5.55. The lowest BCUT2D eigenvalue weighted by atomic mass is 10.1. The number of thiazole rings is 1. The van der Waals surface area contributed by atoms with Gasteiger partial charge in [-0.05, 0) is 19.1 Å². The molecule has 0 spiro atoms. The van der Waals surface area contributed by atoms with Gasteiger partial charge in [-0.15, -0.1) is 21.5 Å². The van der Waals surface area contributed by atoms with Crippen LogP contribution in [0.2, 0.25) is 0 Å². The molecule has 0 N–H and O–H groups in total. The van der Waals surface area contributed by atoms with Crippen LogP contribution >= 0.6 is 23.1 Å². The predicted molar refractivity (Wildman–Crippen MR) is 104 cm³/mol. The molecule has 1 aromatic carbocycles. The van der Waals surface area contributed by atoms with Crippen LogP contribution in [0.5, 0.6) is 11.5 Å². The van der Waals surface area contributed by atoms with Gasteiger partial charge in [0, 0.05) is 22.7 Å². The van der Waals surface area contributed by atoms with Gasteiger partial charge in [0.15, 0.2) is 11.7 Å². The molecule has 1 unspecified atom stereocenters. The number of carbonyl (C=O) groups is 1. The molecular weight excluding hydrogens is 400 g/mol. The first-order chi connectivity index (χ1) is 13.5. The summed E-state index contributed by atoms with van der Waals surface area (Å²) in [4.78, 5) is 16.6. The fourth-order valence-electron chi connectivity index (χ4n) is 2.30.